The Morgan fingerprint density at radius 1 is 0.413 bits per heavy atom. The highest BCUT2D eigenvalue weighted by molar-refractivity contribution is 5.75. The smallest absolute Gasteiger partial charge is 0.219 e. The van der Waals surface area contributed by atoms with Gasteiger partial charge in [-0.1, -0.05) is 213 Å². The summed E-state index contributed by atoms with van der Waals surface area (Å²) >= 11 is 0. The highest BCUT2D eigenvalue weighted by Crippen LogP contribution is 2.16. The molecule has 0 aromatic heterocycles. The van der Waals surface area contributed by atoms with Crippen molar-refractivity contribution in [1.29, 1.82) is 0 Å². The predicted octanol–water partition coefficient (Wildman–Crippen LogP) is 12.9. The average Bonchev–Trinajstić information content (AvgIpc) is 3.06. The molecule has 3 N–H and O–H groups in total. The molecule has 2 unspecified atom stereocenters. The quantitative estimate of drug-likeness (QED) is 0.0579. The zero-order valence-electron chi connectivity index (χ0n) is 31.6. The minimum atomic E-state index is -0.549. The summed E-state index contributed by atoms with van der Waals surface area (Å²) in [5, 5.41) is 22.5. The minimum Gasteiger partial charge on any atom is -0.390 e. The Morgan fingerprint density at radius 2 is 0.717 bits per heavy atom. The summed E-state index contributed by atoms with van der Waals surface area (Å²) in [7, 11) is 0. The van der Waals surface area contributed by atoms with Gasteiger partial charge in [-0.25, -0.2) is 0 Å². The summed E-state index contributed by atoms with van der Waals surface area (Å²) in [6, 6.07) is 0. The van der Waals surface area contributed by atoms with Gasteiger partial charge < -0.3 is 15.5 Å². The van der Waals surface area contributed by atoms with Crippen molar-refractivity contribution < 1.29 is 15.0 Å². The molecule has 0 aromatic rings. The van der Waals surface area contributed by atoms with Crippen molar-refractivity contribution in [3.8, 4) is 0 Å². The van der Waals surface area contributed by atoms with Crippen molar-refractivity contribution in [3.05, 3.63) is 0 Å². The Kier molecular flexibility index (Phi) is 38.3. The molecule has 46 heavy (non-hydrogen) atoms. The Morgan fingerprint density at radius 3 is 1.07 bits per heavy atom. The van der Waals surface area contributed by atoms with Gasteiger partial charge >= 0.3 is 0 Å². The van der Waals surface area contributed by atoms with Crippen LogP contribution < -0.4 is 5.32 Å². The van der Waals surface area contributed by atoms with Crippen LogP contribution in [0.15, 0.2) is 0 Å². The number of hydrogen-bond donors (Lipinski definition) is 3. The van der Waals surface area contributed by atoms with Crippen LogP contribution in [0.5, 0.6) is 0 Å². The van der Waals surface area contributed by atoms with E-state index in [1.54, 1.807) is 0 Å². The summed E-state index contributed by atoms with van der Waals surface area (Å²) in [4.78, 5) is 12.1. The van der Waals surface area contributed by atoms with Crippen LogP contribution in [-0.4, -0.2) is 34.9 Å². The molecule has 4 heteroatoms. The molecule has 0 aromatic carbocycles. The topological polar surface area (TPSA) is 69.6 Å². The van der Waals surface area contributed by atoms with E-state index in [-0.39, 0.29) is 5.91 Å². The Hall–Kier alpha value is -0.610. The van der Waals surface area contributed by atoms with Crippen LogP contribution in [0, 0.1) is 0 Å². The van der Waals surface area contributed by atoms with Crippen molar-refractivity contribution in [2.24, 2.45) is 0 Å². The Labute approximate surface area is 289 Å². The molecule has 1 amide bonds. The summed E-state index contributed by atoms with van der Waals surface area (Å²) in [6.45, 7) is 5.07. The second-order valence-corrected chi connectivity index (χ2v) is 14.7. The van der Waals surface area contributed by atoms with E-state index in [1.165, 1.54) is 193 Å². The third-order valence-corrected chi connectivity index (χ3v) is 10.1. The number of unbranched alkanes of at least 4 members (excludes halogenated alkanes) is 31. The van der Waals surface area contributed by atoms with Crippen LogP contribution >= 0.6 is 0 Å². The lowest BCUT2D eigenvalue weighted by Crippen LogP contribution is -2.24. The van der Waals surface area contributed by atoms with Gasteiger partial charge in [0.1, 0.15) is 0 Å². The molecule has 0 fully saturated rings. The summed E-state index contributed by atoms with van der Waals surface area (Å²) in [6.07, 6.45) is 45.4. The molecule has 0 radical (unpaired) electrons. The van der Waals surface area contributed by atoms with E-state index < -0.39 is 12.2 Å². The van der Waals surface area contributed by atoms with Gasteiger partial charge in [0, 0.05) is 13.0 Å². The number of rotatable bonds is 39. The Bertz CT molecular complexity index is 583. The van der Waals surface area contributed by atoms with Gasteiger partial charge in [0.15, 0.2) is 0 Å². The molecule has 0 saturated carbocycles. The van der Waals surface area contributed by atoms with Gasteiger partial charge in [0.2, 0.25) is 5.91 Å². The summed E-state index contributed by atoms with van der Waals surface area (Å²) in [5.41, 5.74) is 0. The third kappa shape index (κ3) is 36.2. The van der Waals surface area contributed by atoms with Gasteiger partial charge in [0.05, 0.1) is 12.2 Å². The monoisotopic (exact) mass is 652 g/mol. The van der Waals surface area contributed by atoms with Crippen LogP contribution in [-0.2, 0) is 4.79 Å². The largest absolute Gasteiger partial charge is 0.390 e. The molecule has 0 spiro atoms. The van der Waals surface area contributed by atoms with Crippen LogP contribution in [0.1, 0.15) is 245 Å². The minimum absolute atomic E-state index is 0.257. The molecule has 0 aliphatic heterocycles. The van der Waals surface area contributed by atoms with Crippen LogP contribution in [0.3, 0.4) is 0 Å². The molecular weight excluding hydrogens is 566 g/mol. The van der Waals surface area contributed by atoms with E-state index in [0.717, 1.165) is 32.2 Å². The number of carbonyl (C=O) groups excluding carboxylic acids is 1. The molecule has 0 saturated heterocycles. The first-order valence-corrected chi connectivity index (χ1v) is 21.2. The van der Waals surface area contributed by atoms with Gasteiger partial charge in [-0.2, -0.15) is 0 Å². The predicted molar refractivity (Wildman–Crippen MR) is 203 cm³/mol. The lowest BCUT2D eigenvalue weighted by Gasteiger charge is -2.15. The molecule has 276 valence electrons. The lowest BCUT2D eigenvalue weighted by atomic mass is 10.0. The number of amides is 1. The Balaban J connectivity index is 3.18. The van der Waals surface area contributed by atoms with E-state index in [0.29, 0.717) is 12.8 Å². The lowest BCUT2D eigenvalue weighted by molar-refractivity contribution is -0.121. The average molecular weight is 652 g/mol. The molecule has 4 nitrogen and oxygen atoms in total. The molecule has 0 heterocycles. The normalized spacial score (nSPS) is 12.9. The van der Waals surface area contributed by atoms with E-state index in [2.05, 4.69) is 12.2 Å². The first-order chi connectivity index (χ1) is 22.6. The molecule has 0 bridgehead atoms. The van der Waals surface area contributed by atoms with Crippen molar-refractivity contribution in [2.45, 2.75) is 257 Å². The second-order valence-electron chi connectivity index (χ2n) is 14.7. The fraction of sp³-hybridized carbons (Fsp3) is 0.976. The number of aliphatic hydroxyl groups excluding tert-OH is 2. The number of nitrogens with one attached hydrogen (secondary N) is 1. The van der Waals surface area contributed by atoms with E-state index in [1.807, 2.05) is 6.92 Å². The third-order valence-electron chi connectivity index (χ3n) is 10.1. The maximum Gasteiger partial charge on any atom is 0.219 e. The zero-order valence-corrected chi connectivity index (χ0v) is 31.6. The van der Waals surface area contributed by atoms with Gasteiger partial charge in [-0.05, 0) is 25.7 Å². The van der Waals surface area contributed by atoms with E-state index in [9.17, 15) is 15.0 Å². The molecule has 0 aliphatic carbocycles. The van der Waals surface area contributed by atoms with E-state index >= 15 is 0 Å². The molecular formula is C42H85NO3. The summed E-state index contributed by atoms with van der Waals surface area (Å²) < 4.78 is 0. The van der Waals surface area contributed by atoms with Crippen molar-refractivity contribution in [2.75, 3.05) is 6.54 Å². The van der Waals surface area contributed by atoms with Crippen molar-refractivity contribution in [3.63, 3.8) is 0 Å². The van der Waals surface area contributed by atoms with Crippen molar-refractivity contribution >= 4 is 5.91 Å². The highest BCUT2D eigenvalue weighted by Gasteiger charge is 2.12. The first-order valence-electron chi connectivity index (χ1n) is 21.2. The van der Waals surface area contributed by atoms with Crippen LogP contribution in [0.2, 0.25) is 0 Å². The number of hydrogen-bond acceptors (Lipinski definition) is 3. The van der Waals surface area contributed by atoms with Crippen LogP contribution in [0.25, 0.3) is 0 Å². The first kappa shape index (κ1) is 45.4. The van der Waals surface area contributed by atoms with Gasteiger partial charge in [-0.15, -0.1) is 0 Å². The molecule has 0 rings (SSSR count). The highest BCUT2D eigenvalue weighted by atomic mass is 16.3. The van der Waals surface area contributed by atoms with Gasteiger partial charge in [0.25, 0.3) is 0 Å². The second kappa shape index (κ2) is 38.8. The fourth-order valence-corrected chi connectivity index (χ4v) is 6.74. The number of carbonyl (C=O) groups is 1. The molecule has 0 aliphatic rings. The van der Waals surface area contributed by atoms with Crippen molar-refractivity contribution in [1.82, 2.24) is 5.32 Å². The maximum absolute atomic E-state index is 12.1. The zero-order chi connectivity index (χ0) is 33.6. The summed E-state index contributed by atoms with van der Waals surface area (Å²) in [5.74, 6) is 0.257. The van der Waals surface area contributed by atoms with Gasteiger partial charge in [-0.3, -0.25) is 4.79 Å². The van der Waals surface area contributed by atoms with E-state index in [4.69, 9.17) is 0 Å². The van der Waals surface area contributed by atoms with Crippen LogP contribution in [0.4, 0.5) is 0 Å². The maximum atomic E-state index is 12.1. The fourth-order valence-electron chi connectivity index (χ4n) is 6.74. The number of aliphatic hydroxyl groups is 2. The standard InChI is InChI=1S/C42H85NO3/c1-3-5-6-7-8-9-10-11-12-13-14-15-16-17-18-19-23-26-29-32-35-38-42(46)43-39-36-33-30-27-24-21-20-22-25-28-31-34-37-41(45)40(44)4-2/h40-41,44-45H,3-39H2,1-2H3,(H,43,46). The molecule has 2 atom stereocenters. The SMILES string of the molecule is CCCCCCCCCCCCCCCCCCCCCCCC(=O)NCCCCCCCCCCCCCCC(O)C(O)CC.